The van der Waals surface area contributed by atoms with Crippen LogP contribution < -0.4 is 22.1 Å². The van der Waals surface area contributed by atoms with E-state index in [1.165, 1.54) is 0 Å². The van der Waals surface area contributed by atoms with Crippen LogP contribution in [0.3, 0.4) is 0 Å². The molecule has 8 N–H and O–H groups in total. The van der Waals surface area contributed by atoms with E-state index < -0.39 is 0 Å². The zero-order chi connectivity index (χ0) is 23.1. The van der Waals surface area contributed by atoms with E-state index in [1.807, 2.05) is 0 Å². The minimum Gasteiger partial charge on any atom is -0.387 e. The quantitative estimate of drug-likeness (QED) is 0.222. The third kappa shape index (κ3) is 7.48. The van der Waals surface area contributed by atoms with Crippen molar-refractivity contribution in [3.05, 3.63) is 95.1 Å². The van der Waals surface area contributed by atoms with E-state index in [2.05, 4.69) is 10.6 Å². The fourth-order valence-corrected chi connectivity index (χ4v) is 3.03. The Hall–Kier alpha value is -4.17. The first-order valence-corrected chi connectivity index (χ1v) is 9.86. The number of amidine groups is 2. The Morgan fingerprint density at radius 1 is 0.606 bits per heavy atom. The van der Waals surface area contributed by atoms with E-state index in [-0.39, 0.29) is 35.9 Å². The van der Waals surface area contributed by atoms with Crippen LogP contribution in [0, 0.1) is 10.8 Å². The van der Waals surface area contributed by atoms with Crippen LogP contribution >= 0.6 is 12.4 Å². The van der Waals surface area contributed by atoms with Gasteiger partial charge in [0.1, 0.15) is 0 Å². The summed E-state index contributed by atoms with van der Waals surface area (Å²) in [6.07, 6.45) is 0.723. The average Bonchev–Trinajstić information content (AvgIpc) is 2.76. The van der Waals surface area contributed by atoms with Gasteiger partial charge in [0.25, 0.3) is 11.8 Å². The topological polar surface area (TPSA) is 158 Å². The second-order valence-corrected chi connectivity index (χ2v) is 7.28. The smallest absolute Gasteiger partial charge is 0.255 e. The molecule has 0 saturated carbocycles. The molecule has 2 amide bonds. The first-order chi connectivity index (χ1) is 15.3. The summed E-state index contributed by atoms with van der Waals surface area (Å²) in [6, 6.07) is 20.6. The minimum absolute atomic E-state index is 0. The van der Waals surface area contributed by atoms with Gasteiger partial charge in [-0.3, -0.25) is 20.4 Å². The number of benzene rings is 3. The normalized spacial score (nSPS) is 9.94. The van der Waals surface area contributed by atoms with Gasteiger partial charge in [0.15, 0.2) is 0 Å². The van der Waals surface area contributed by atoms with Crippen LogP contribution in [0.1, 0.15) is 31.8 Å². The predicted octanol–water partition coefficient (Wildman–Crippen LogP) is 3.57. The van der Waals surface area contributed by atoms with Gasteiger partial charge in [0.05, 0.1) is 11.7 Å². The summed E-state index contributed by atoms with van der Waals surface area (Å²) in [6.45, 7) is 0. The maximum Gasteiger partial charge on any atom is 0.255 e. The average molecular weight is 465 g/mol. The molecule has 8 nitrogen and oxygen atoms in total. The summed E-state index contributed by atoms with van der Waals surface area (Å²) in [4.78, 5) is 24.9. The van der Waals surface area contributed by atoms with Crippen LogP contribution in [0.25, 0.3) is 0 Å². The van der Waals surface area contributed by atoms with Crippen molar-refractivity contribution < 1.29 is 9.59 Å². The number of amides is 2. The highest BCUT2D eigenvalue weighted by molar-refractivity contribution is 6.07. The molecule has 0 aliphatic heterocycles. The molecule has 0 aliphatic rings. The van der Waals surface area contributed by atoms with Crippen LogP contribution in [0.5, 0.6) is 0 Å². The molecule has 3 aromatic rings. The Morgan fingerprint density at radius 3 is 1.18 bits per heavy atom. The number of rotatable bonds is 8. The summed E-state index contributed by atoms with van der Waals surface area (Å²) >= 11 is 0. The number of carbonyl (C=O) groups is 2. The Morgan fingerprint density at radius 2 is 0.909 bits per heavy atom. The van der Waals surface area contributed by atoms with Gasteiger partial charge in [-0.25, -0.2) is 0 Å². The summed E-state index contributed by atoms with van der Waals surface area (Å²) in [5.41, 5.74) is 14.6. The first kappa shape index (κ1) is 25.1. The van der Waals surface area contributed by atoms with E-state index in [4.69, 9.17) is 22.3 Å². The second kappa shape index (κ2) is 11.4. The molecule has 3 rings (SSSR count). The highest BCUT2D eigenvalue weighted by atomic mass is 35.5. The maximum atomic E-state index is 12.5. The molecule has 0 heterocycles. The monoisotopic (exact) mass is 464 g/mol. The van der Waals surface area contributed by atoms with Crippen molar-refractivity contribution in [1.29, 1.82) is 10.8 Å². The number of carbonyl (C=O) groups excluding carboxylic acids is 2. The van der Waals surface area contributed by atoms with Crippen molar-refractivity contribution in [2.75, 3.05) is 10.6 Å². The molecule has 0 unspecified atom stereocenters. The highest BCUT2D eigenvalue weighted by Crippen LogP contribution is 2.15. The fourth-order valence-electron chi connectivity index (χ4n) is 3.03. The van der Waals surface area contributed by atoms with Crippen molar-refractivity contribution >= 4 is 47.3 Å². The van der Waals surface area contributed by atoms with Gasteiger partial charge in [-0.2, -0.15) is 0 Å². The maximum absolute atomic E-state index is 12.5. The molecular formula is C24H25ClN6O2. The largest absolute Gasteiger partial charge is 0.387 e. The zero-order valence-electron chi connectivity index (χ0n) is 17.7. The molecule has 0 atom stereocenters. The van der Waals surface area contributed by atoms with Gasteiger partial charge in [0.2, 0.25) is 0 Å². The van der Waals surface area contributed by atoms with Crippen LogP contribution in [-0.2, 0) is 12.8 Å². The van der Waals surface area contributed by atoms with Crippen molar-refractivity contribution in [1.82, 2.24) is 0 Å². The lowest BCUT2D eigenvalue weighted by molar-refractivity contribution is 0.101. The molecule has 170 valence electrons. The third-order valence-electron chi connectivity index (χ3n) is 4.62. The molecule has 0 aromatic heterocycles. The van der Waals surface area contributed by atoms with Crippen LogP contribution in [0.15, 0.2) is 72.8 Å². The Bertz CT molecular complexity index is 1050. The number of hydrogen-bond donors (Lipinski definition) is 6. The van der Waals surface area contributed by atoms with Crippen LogP contribution in [0.4, 0.5) is 11.4 Å². The van der Waals surface area contributed by atoms with Gasteiger partial charge in [0, 0.05) is 35.3 Å². The number of halogens is 1. The minimum atomic E-state index is -0.294. The third-order valence-corrected chi connectivity index (χ3v) is 4.62. The summed E-state index contributed by atoms with van der Waals surface area (Å²) < 4.78 is 0. The van der Waals surface area contributed by atoms with E-state index >= 15 is 0 Å². The van der Waals surface area contributed by atoms with E-state index in [9.17, 15) is 9.59 Å². The van der Waals surface area contributed by atoms with Gasteiger partial charge < -0.3 is 22.1 Å². The lowest BCUT2D eigenvalue weighted by Crippen LogP contribution is -2.15. The molecule has 0 fully saturated rings. The van der Waals surface area contributed by atoms with Gasteiger partial charge >= 0.3 is 0 Å². The molecular weight excluding hydrogens is 440 g/mol. The Kier molecular flexibility index (Phi) is 8.71. The number of nitrogens with two attached hydrogens (primary N) is 2. The number of hydrogen-bond acceptors (Lipinski definition) is 4. The van der Waals surface area contributed by atoms with Crippen molar-refractivity contribution in [3.63, 3.8) is 0 Å². The number of anilines is 2. The molecule has 0 spiro atoms. The Balaban J connectivity index is 0.00000385. The fraction of sp³-hybridized carbons (Fsp3) is 0.0833. The van der Waals surface area contributed by atoms with Crippen LogP contribution in [-0.4, -0.2) is 23.5 Å². The number of nitrogens with one attached hydrogen (secondary N) is 4. The molecule has 0 bridgehead atoms. The molecule has 0 saturated heterocycles. The molecule has 33 heavy (non-hydrogen) atoms. The zero-order valence-corrected chi connectivity index (χ0v) is 18.5. The van der Waals surface area contributed by atoms with Gasteiger partial charge in [-0.15, -0.1) is 12.4 Å². The lowest BCUT2D eigenvalue weighted by Gasteiger charge is -2.09. The molecule has 0 aliphatic carbocycles. The van der Waals surface area contributed by atoms with Crippen molar-refractivity contribution in [3.8, 4) is 0 Å². The first-order valence-electron chi connectivity index (χ1n) is 9.86. The van der Waals surface area contributed by atoms with E-state index in [1.54, 1.807) is 72.8 Å². The Labute approximate surface area is 197 Å². The summed E-state index contributed by atoms with van der Waals surface area (Å²) in [7, 11) is 0. The molecule has 9 heteroatoms. The molecule has 3 aromatic carbocycles. The second-order valence-electron chi connectivity index (χ2n) is 7.28. The predicted molar refractivity (Wildman–Crippen MR) is 134 cm³/mol. The molecule has 0 radical (unpaired) electrons. The summed E-state index contributed by atoms with van der Waals surface area (Å²) in [5.74, 6) is -0.429. The van der Waals surface area contributed by atoms with Crippen LogP contribution in [0.2, 0.25) is 0 Å². The van der Waals surface area contributed by atoms with Gasteiger partial charge in [-0.05, 0) is 59.7 Å². The SMILES string of the molecule is Cl.N=C(N)Cc1ccc(NC(=O)c2ccc(C(=O)Nc3ccc(CC(=N)N)cc3)cc2)cc1. The van der Waals surface area contributed by atoms with Crippen molar-refractivity contribution in [2.24, 2.45) is 11.5 Å². The van der Waals surface area contributed by atoms with Gasteiger partial charge in [-0.1, -0.05) is 24.3 Å². The van der Waals surface area contributed by atoms with E-state index in [0.717, 1.165) is 11.1 Å². The summed E-state index contributed by atoms with van der Waals surface area (Å²) in [5, 5.41) is 20.2. The standard InChI is InChI=1S/C24H24N6O2.ClH/c25-21(26)13-15-1-9-19(10-2-15)29-23(31)17-5-7-18(8-6-17)24(32)30-20-11-3-16(4-12-20)14-22(27)28;/h1-12H,13-14H2,(H3,25,26)(H3,27,28)(H,29,31)(H,30,32);1H. The van der Waals surface area contributed by atoms with E-state index in [0.29, 0.717) is 35.3 Å². The highest BCUT2D eigenvalue weighted by Gasteiger charge is 2.10. The lowest BCUT2D eigenvalue weighted by atomic mass is 10.1. The van der Waals surface area contributed by atoms with Crippen molar-refractivity contribution in [2.45, 2.75) is 12.8 Å².